The van der Waals surface area contributed by atoms with Crippen molar-refractivity contribution in [1.82, 2.24) is 0 Å². The van der Waals surface area contributed by atoms with E-state index in [1.807, 2.05) is 0 Å². The predicted octanol–water partition coefficient (Wildman–Crippen LogP) is 5.55. The van der Waals surface area contributed by atoms with Crippen molar-refractivity contribution in [3.05, 3.63) is 0 Å². The molecular formula is C9H14Br4Cl2. The van der Waals surface area contributed by atoms with Crippen LogP contribution in [0.4, 0.5) is 0 Å². The van der Waals surface area contributed by atoms with Crippen LogP contribution >= 0.6 is 86.9 Å². The average molecular weight is 513 g/mol. The lowest BCUT2D eigenvalue weighted by atomic mass is 9.95. The molecule has 0 spiro atoms. The Balaban J connectivity index is 4.17. The second-order valence-electron chi connectivity index (χ2n) is 3.40. The highest BCUT2D eigenvalue weighted by molar-refractivity contribution is 9.12. The summed E-state index contributed by atoms with van der Waals surface area (Å²) in [5, 5.41) is 1.93. The zero-order valence-corrected chi connectivity index (χ0v) is 16.0. The second kappa shape index (κ2) is 10.4. The summed E-state index contributed by atoms with van der Waals surface area (Å²) in [5.41, 5.74) is 0. The van der Waals surface area contributed by atoms with Crippen LogP contribution in [0, 0.1) is 5.92 Å². The minimum atomic E-state index is 0.0462. The van der Waals surface area contributed by atoms with Crippen LogP contribution in [0.3, 0.4) is 0 Å². The molecule has 0 saturated carbocycles. The first-order valence-electron chi connectivity index (χ1n) is 4.65. The lowest BCUT2D eigenvalue weighted by Crippen LogP contribution is -2.24. The number of hydrogen-bond donors (Lipinski definition) is 0. The number of rotatable bonds is 8. The van der Waals surface area contributed by atoms with E-state index < -0.39 is 0 Å². The maximum atomic E-state index is 6.23. The molecule has 0 bridgehead atoms. The zero-order valence-electron chi connectivity index (χ0n) is 8.11. The van der Waals surface area contributed by atoms with Crippen LogP contribution in [0.15, 0.2) is 0 Å². The molecule has 3 atom stereocenters. The van der Waals surface area contributed by atoms with E-state index in [9.17, 15) is 0 Å². The minimum Gasteiger partial charge on any atom is -0.125 e. The maximum absolute atomic E-state index is 6.23. The first-order valence-corrected chi connectivity index (χ1v) is 9.69. The van der Waals surface area contributed by atoms with Crippen molar-refractivity contribution in [3.63, 3.8) is 0 Å². The second-order valence-corrected chi connectivity index (χ2v) is 8.16. The molecule has 0 aromatic carbocycles. The van der Waals surface area contributed by atoms with Crippen LogP contribution in [0.25, 0.3) is 0 Å². The highest BCUT2D eigenvalue weighted by Gasteiger charge is 2.23. The summed E-state index contributed by atoms with van der Waals surface area (Å²) in [6, 6.07) is 0. The van der Waals surface area contributed by atoms with Crippen LogP contribution < -0.4 is 0 Å². The lowest BCUT2D eigenvalue weighted by Gasteiger charge is -2.24. The van der Waals surface area contributed by atoms with Gasteiger partial charge in [0.1, 0.15) is 0 Å². The number of halogens is 6. The third kappa shape index (κ3) is 8.25. The molecule has 0 aromatic rings. The molecular weight excluding hydrogens is 499 g/mol. The average Bonchev–Trinajstić information content (AvgIpc) is 2.26. The minimum absolute atomic E-state index is 0.0462. The first kappa shape index (κ1) is 17.5. The van der Waals surface area contributed by atoms with Crippen molar-refractivity contribution in [2.24, 2.45) is 5.92 Å². The van der Waals surface area contributed by atoms with Crippen molar-refractivity contribution in [1.29, 1.82) is 0 Å². The van der Waals surface area contributed by atoms with E-state index in [0.29, 0.717) is 21.5 Å². The van der Waals surface area contributed by atoms with Gasteiger partial charge in [-0.1, -0.05) is 63.7 Å². The molecule has 6 heteroatoms. The van der Waals surface area contributed by atoms with Gasteiger partial charge in [-0.15, -0.1) is 23.2 Å². The van der Waals surface area contributed by atoms with Crippen LogP contribution in [0.5, 0.6) is 0 Å². The summed E-state index contributed by atoms with van der Waals surface area (Å²) in [7, 11) is 0. The molecule has 0 heterocycles. The van der Waals surface area contributed by atoms with Gasteiger partial charge in [0.05, 0.1) is 0 Å². The Labute approximate surface area is 136 Å². The van der Waals surface area contributed by atoms with Crippen LogP contribution in [-0.4, -0.2) is 31.6 Å². The van der Waals surface area contributed by atoms with E-state index in [-0.39, 0.29) is 5.38 Å². The van der Waals surface area contributed by atoms with Gasteiger partial charge in [0.15, 0.2) is 0 Å². The Morgan fingerprint density at radius 3 is 1.60 bits per heavy atom. The number of hydrogen-bond acceptors (Lipinski definition) is 0. The van der Waals surface area contributed by atoms with Crippen LogP contribution in [-0.2, 0) is 0 Å². The first-order chi connectivity index (χ1) is 7.04. The Kier molecular flexibility index (Phi) is 12.2. The molecule has 0 aliphatic rings. The van der Waals surface area contributed by atoms with Gasteiger partial charge in [-0.25, -0.2) is 0 Å². The molecule has 0 N–H and O–H groups in total. The van der Waals surface area contributed by atoms with E-state index in [1.54, 1.807) is 0 Å². The summed E-state index contributed by atoms with van der Waals surface area (Å²) in [4.78, 5) is 0.920. The molecule has 0 amide bonds. The van der Waals surface area contributed by atoms with Crippen molar-refractivity contribution in [2.45, 2.75) is 27.9 Å². The highest BCUT2D eigenvalue weighted by atomic mass is 79.9. The normalized spacial score (nSPS) is 19.6. The fourth-order valence-electron chi connectivity index (χ4n) is 1.30. The van der Waals surface area contributed by atoms with Gasteiger partial charge in [-0.2, -0.15) is 0 Å². The molecule has 0 rings (SSSR count). The molecule has 92 valence electrons. The summed E-state index contributed by atoms with van der Waals surface area (Å²) >= 11 is 26.2. The Morgan fingerprint density at radius 2 is 1.33 bits per heavy atom. The quantitative estimate of drug-likeness (QED) is 0.374. The zero-order chi connectivity index (χ0) is 11.8. The molecule has 3 unspecified atom stereocenters. The molecule has 15 heavy (non-hydrogen) atoms. The van der Waals surface area contributed by atoms with Crippen molar-refractivity contribution < 1.29 is 0 Å². The fraction of sp³-hybridized carbons (Fsp3) is 1.00. The third-order valence-corrected chi connectivity index (χ3v) is 7.81. The van der Waals surface area contributed by atoms with Gasteiger partial charge < -0.3 is 0 Å². The Hall–Kier alpha value is 2.50. The molecule has 0 aromatic heterocycles. The van der Waals surface area contributed by atoms with Gasteiger partial charge >= 0.3 is 0 Å². The number of alkyl halides is 6. The van der Waals surface area contributed by atoms with Gasteiger partial charge in [0, 0.05) is 31.6 Å². The monoisotopic (exact) mass is 508 g/mol. The summed E-state index contributed by atoms with van der Waals surface area (Å²) < 4.78 is 0. The van der Waals surface area contributed by atoms with E-state index in [0.717, 1.165) is 23.5 Å². The van der Waals surface area contributed by atoms with Crippen LogP contribution in [0.1, 0.15) is 12.8 Å². The van der Waals surface area contributed by atoms with Gasteiger partial charge in [0.2, 0.25) is 0 Å². The van der Waals surface area contributed by atoms with Gasteiger partial charge in [0.25, 0.3) is 0 Å². The Morgan fingerprint density at radius 1 is 0.933 bits per heavy atom. The van der Waals surface area contributed by atoms with Gasteiger partial charge in [-0.05, 0) is 18.8 Å². The standard InChI is InChI=1S/C9H14Br4Cl2/c10-3-7(12)1-6(9(15)5-14)2-8(13)4-11/h6-9H,1-5H2. The van der Waals surface area contributed by atoms with E-state index in [1.165, 1.54) is 0 Å². The molecule has 0 aliphatic heterocycles. The largest absolute Gasteiger partial charge is 0.125 e. The Bertz CT molecular complexity index is 147. The maximum Gasteiger partial charge on any atom is 0.0500 e. The molecule has 0 nitrogen and oxygen atoms in total. The lowest BCUT2D eigenvalue weighted by molar-refractivity contribution is 0.452. The van der Waals surface area contributed by atoms with Gasteiger partial charge in [-0.3, -0.25) is 0 Å². The van der Waals surface area contributed by atoms with Crippen molar-refractivity contribution >= 4 is 86.9 Å². The topological polar surface area (TPSA) is 0 Å². The third-order valence-electron chi connectivity index (χ3n) is 2.11. The van der Waals surface area contributed by atoms with Crippen molar-refractivity contribution in [2.75, 3.05) is 16.5 Å². The van der Waals surface area contributed by atoms with E-state index >= 15 is 0 Å². The molecule has 0 saturated heterocycles. The smallest absolute Gasteiger partial charge is 0.0500 e. The SMILES string of the molecule is ClCC(Cl)C(CC(Br)CBr)CC(Br)CBr. The van der Waals surface area contributed by atoms with Crippen molar-refractivity contribution in [3.8, 4) is 0 Å². The fourth-order valence-corrected chi connectivity index (χ4v) is 3.25. The van der Waals surface area contributed by atoms with E-state index in [2.05, 4.69) is 63.7 Å². The summed E-state index contributed by atoms with van der Waals surface area (Å²) in [5.74, 6) is 0.948. The highest BCUT2D eigenvalue weighted by Crippen LogP contribution is 2.29. The summed E-state index contributed by atoms with van der Waals surface area (Å²) in [6.45, 7) is 0. The molecule has 0 radical (unpaired) electrons. The van der Waals surface area contributed by atoms with E-state index in [4.69, 9.17) is 23.2 Å². The predicted molar refractivity (Wildman–Crippen MR) is 86.1 cm³/mol. The molecule has 0 fully saturated rings. The molecule has 0 aliphatic carbocycles. The summed E-state index contributed by atoms with van der Waals surface area (Å²) in [6.07, 6.45) is 2.09. The van der Waals surface area contributed by atoms with Crippen LogP contribution in [0.2, 0.25) is 0 Å².